The summed E-state index contributed by atoms with van der Waals surface area (Å²) in [7, 11) is -5.85. The lowest BCUT2D eigenvalue weighted by Crippen LogP contribution is -1.69. The predicted molar refractivity (Wildman–Crippen MR) is 38.1 cm³/mol. The van der Waals surface area contributed by atoms with E-state index in [2.05, 4.69) is 4.31 Å². The largest absolute Gasteiger partial charge is 0.745 e. The van der Waals surface area contributed by atoms with Gasteiger partial charge in [-0.1, -0.05) is 6.92 Å². The van der Waals surface area contributed by atoms with Crippen molar-refractivity contribution in [3.63, 3.8) is 0 Å². The molecule has 0 aliphatic carbocycles. The van der Waals surface area contributed by atoms with Crippen molar-refractivity contribution in [1.29, 1.82) is 0 Å². The summed E-state index contributed by atoms with van der Waals surface area (Å²) in [6.07, 6.45) is 0.875. The molecule has 0 fully saturated rings. The maximum Gasteiger partial charge on any atom is 0.745 e. The second-order valence-corrected chi connectivity index (χ2v) is 2.89. The molecule has 66 valence electrons. The summed E-state index contributed by atoms with van der Waals surface area (Å²) < 4.78 is 22.2. The van der Waals surface area contributed by atoms with Crippen LogP contribution in [0.3, 0.4) is 0 Å². The van der Waals surface area contributed by atoms with Crippen LogP contribution in [-0.4, -0.2) is 21.5 Å². The van der Waals surface area contributed by atoms with Crippen LogP contribution in [0.5, 0.6) is 0 Å². The molecule has 0 aliphatic heterocycles. The van der Waals surface area contributed by atoms with Gasteiger partial charge >= 0.3 is 16.5 Å². The Labute approximate surface area is 65.7 Å². The Bertz CT molecular complexity index is 111. The Balaban J connectivity index is 0. The van der Waals surface area contributed by atoms with Crippen LogP contribution in [-0.2, 0) is 13.4 Å². The number of rotatable bonds is 3. The van der Waals surface area contributed by atoms with E-state index in [4.69, 9.17) is 14.9 Å². The Morgan fingerprint density at radius 1 is 1.27 bits per heavy atom. The van der Waals surface area contributed by atoms with Crippen LogP contribution >= 0.6 is 16.5 Å². The molecular weight excluding hydrogens is 194 g/mol. The van der Waals surface area contributed by atoms with E-state index < -0.39 is 16.5 Å². The Morgan fingerprint density at radius 3 is 1.55 bits per heavy atom. The van der Waals surface area contributed by atoms with Crippen molar-refractivity contribution in [3.05, 3.63) is 0 Å². The summed E-state index contributed by atoms with van der Waals surface area (Å²) in [6, 6.07) is 0. The monoisotopic (exact) mass is 204 g/mol. The zero-order chi connectivity index (χ0) is 9.28. The van der Waals surface area contributed by atoms with E-state index in [1.54, 1.807) is 0 Å². The van der Waals surface area contributed by atoms with Crippen LogP contribution < -0.4 is 0 Å². The maximum absolute atomic E-state index is 9.39. The fraction of sp³-hybridized carbons (Fsp3) is 1.00. The lowest BCUT2D eigenvalue weighted by atomic mass is 10.5. The fourth-order valence-corrected chi connectivity index (χ4v) is 0.538. The zero-order valence-corrected chi connectivity index (χ0v) is 7.66. The molecule has 0 saturated heterocycles. The van der Waals surface area contributed by atoms with E-state index in [1.807, 2.05) is 6.92 Å². The topological polar surface area (TPSA) is 104 Å². The lowest BCUT2D eigenvalue weighted by Gasteiger charge is -1.69. The molecule has 0 amide bonds. The van der Waals surface area contributed by atoms with E-state index in [9.17, 15) is 9.13 Å². The number of hydrogen-bond donors (Lipinski definition) is 3. The van der Waals surface area contributed by atoms with Gasteiger partial charge in [0.1, 0.15) is 0 Å². The molecule has 0 radical (unpaired) electrons. The molecule has 11 heavy (non-hydrogen) atoms. The van der Waals surface area contributed by atoms with Gasteiger partial charge in [-0.05, 0) is 6.42 Å². The molecule has 0 spiro atoms. The quantitative estimate of drug-likeness (QED) is 0.584. The first-order valence-electron chi connectivity index (χ1n) is 2.65. The minimum Gasteiger partial charge on any atom is -0.396 e. The van der Waals surface area contributed by atoms with Gasteiger partial charge in [-0.15, -0.1) is 9.79 Å². The van der Waals surface area contributed by atoms with Gasteiger partial charge in [-0.25, -0.2) is 0 Å². The molecule has 0 aliphatic rings. The third-order valence-corrected chi connectivity index (χ3v) is 1.48. The molecule has 0 aromatic heterocycles. The summed E-state index contributed by atoms with van der Waals surface area (Å²) in [4.78, 5) is 15.3. The first-order chi connectivity index (χ1) is 5.04. The molecule has 2 unspecified atom stereocenters. The average molecular weight is 204 g/mol. The van der Waals surface area contributed by atoms with Crippen molar-refractivity contribution >= 4 is 16.5 Å². The van der Waals surface area contributed by atoms with Gasteiger partial charge in [0.25, 0.3) is 0 Å². The summed E-state index contributed by atoms with van der Waals surface area (Å²) in [6.45, 7) is 2.25. The van der Waals surface area contributed by atoms with E-state index in [1.165, 1.54) is 0 Å². The normalized spacial score (nSPS) is 11.3. The summed E-state index contributed by atoms with van der Waals surface area (Å²) in [5.41, 5.74) is 0. The molecule has 0 rings (SSSR count). The number of aliphatic hydroxyl groups excluding tert-OH is 1. The second kappa shape index (κ2) is 10.0. The summed E-state index contributed by atoms with van der Waals surface area (Å²) in [5, 5.41) is 7.88. The van der Waals surface area contributed by atoms with Gasteiger partial charge in [0, 0.05) is 15.7 Å². The first kappa shape index (κ1) is 13.6. The van der Waals surface area contributed by atoms with Crippen molar-refractivity contribution in [2.24, 2.45) is 0 Å². The zero-order valence-electron chi connectivity index (χ0n) is 5.88. The molecule has 0 bridgehead atoms. The van der Waals surface area contributed by atoms with Gasteiger partial charge in [0.15, 0.2) is 4.31 Å². The van der Waals surface area contributed by atoms with E-state index in [0.29, 0.717) is 6.61 Å². The minimum atomic E-state index is -2.92. The van der Waals surface area contributed by atoms with Crippen LogP contribution in [0, 0.1) is 0 Å². The fourth-order valence-electron chi connectivity index (χ4n) is 0.0598. The number of aliphatic hydroxyl groups is 1. The summed E-state index contributed by atoms with van der Waals surface area (Å²) >= 11 is 0. The van der Waals surface area contributed by atoms with Gasteiger partial charge in [0.05, 0.1) is 0 Å². The molecule has 3 N–H and O–H groups in total. The Kier molecular flexibility index (Phi) is 12.4. The lowest BCUT2D eigenvalue weighted by molar-refractivity contribution is 0.295. The predicted octanol–water partition coefficient (Wildman–Crippen LogP) is 0.691. The molecule has 0 aromatic rings. The van der Waals surface area contributed by atoms with Crippen LogP contribution in [0.25, 0.3) is 0 Å². The molecule has 8 heteroatoms. The van der Waals surface area contributed by atoms with Crippen molar-refractivity contribution in [3.8, 4) is 0 Å². The summed E-state index contributed by atoms with van der Waals surface area (Å²) in [5.74, 6) is 0. The van der Waals surface area contributed by atoms with E-state index >= 15 is 0 Å². The smallest absolute Gasteiger partial charge is 0.396 e. The highest BCUT2D eigenvalue weighted by Crippen LogP contribution is 2.30. The van der Waals surface area contributed by atoms with Gasteiger partial charge < -0.3 is 5.11 Å². The second-order valence-electron chi connectivity index (χ2n) is 1.28. The van der Waals surface area contributed by atoms with E-state index in [0.717, 1.165) is 6.42 Å². The highest BCUT2D eigenvalue weighted by molar-refractivity contribution is 7.46. The third kappa shape index (κ3) is 25.5. The SMILES string of the molecule is CCCO.O=[P+](O)O[P+](=O)O. The molecule has 0 saturated carbocycles. The molecule has 2 atom stereocenters. The highest BCUT2D eigenvalue weighted by atomic mass is 31.2. The highest BCUT2D eigenvalue weighted by Gasteiger charge is 2.31. The maximum atomic E-state index is 9.39. The van der Waals surface area contributed by atoms with Gasteiger partial charge in [0.2, 0.25) is 0 Å². The molecular formula is C3H10O6P2+2. The van der Waals surface area contributed by atoms with Crippen molar-refractivity contribution in [1.82, 2.24) is 0 Å². The van der Waals surface area contributed by atoms with Gasteiger partial charge in [-0.2, -0.15) is 0 Å². The first-order valence-corrected chi connectivity index (χ1v) is 4.91. The van der Waals surface area contributed by atoms with Crippen LogP contribution in [0.15, 0.2) is 0 Å². The van der Waals surface area contributed by atoms with Crippen molar-refractivity contribution in [2.45, 2.75) is 13.3 Å². The standard InChI is InChI=1S/C3H8O.O5P2/c1-2-3-4;1-6(2)5-7(3)4/h4H,2-3H2,1H3;/p+2. The van der Waals surface area contributed by atoms with Crippen molar-refractivity contribution < 1.29 is 28.3 Å². The Morgan fingerprint density at radius 2 is 1.55 bits per heavy atom. The molecule has 6 nitrogen and oxygen atoms in total. The van der Waals surface area contributed by atoms with Crippen LogP contribution in [0.1, 0.15) is 13.3 Å². The van der Waals surface area contributed by atoms with Crippen LogP contribution in [0.4, 0.5) is 0 Å². The molecule has 0 heterocycles. The molecule has 0 aromatic carbocycles. The van der Waals surface area contributed by atoms with Gasteiger partial charge in [-0.3, -0.25) is 0 Å². The van der Waals surface area contributed by atoms with E-state index in [-0.39, 0.29) is 0 Å². The number of hydrogen-bond acceptors (Lipinski definition) is 4. The van der Waals surface area contributed by atoms with Crippen molar-refractivity contribution in [2.75, 3.05) is 6.61 Å². The minimum absolute atomic E-state index is 0.319. The third-order valence-electron chi connectivity index (χ3n) is 0.363. The average Bonchev–Trinajstić information content (AvgIpc) is 1.85. The van der Waals surface area contributed by atoms with Crippen LogP contribution in [0.2, 0.25) is 0 Å². The Hall–Kier alpha value is 0.0400.